The van der Waals surface area contributed by atoms with Gasteiger partial charge in [0.05, 0.1) is 0 Å². The SMILES string of the molecule is CCN(C(=O)c1ccccn1)c1cc(F)cc(F)c1. The first-order valence-electron chi connectivity index (χ1n) is 5.81. The molecule has 1 amide bonds. The minimum absolute atomic E-state index is 0.177. The summed E-state index contributed by atoms with van der Waals surface area (Å²) in [6.07, 6.45) is 1.49. The highest BCUT2D eigenvalue weighted by molar-refractivity contribution is 6.04. The molecule has 0 saturated heterocycles. The first kappa shape index (κ1) is 13.1. The smallest absolute Gasteiger partial charge is 0.276 e. The molecular weight excluding hydrogens is 250 g/mol. The van der Waals surface area contributed by atoms with Gasteiger partial charge in [-0.2, -0.15) is 0 Å². The third-order valence-electron chi connectivity index (χ3n) is 2.60. The number of hydrogen-bond acceptors (Lipinski definition) is 2. The van der Waals surface area contributed by atoms with Crippen molar-refractivity contribution in [2.75, 3.05) is 11.4 Å². The van der Waals surface area contributed by atoms with Gasteiger partial charge in [0, 0.05) is 24.5 Å². The van der Waals surface area contributed by atoms with Crippen molar-refractivity contribution in [1.82, 2.24) is 4.98 Å². The van der Waals surface area contributed by atoms with Crippen molar-refractivity contribution in [1.29, 1.82) is 0 Å². The normalized spacial score (nSPS) is 10.3. The molecule has 0 aliphatic rings. The van der Waals surface area contributed by atoms with Gasteiger partial charge in [-0.25, -0.2) is 8.78 Å². The molecule has 2 aromatic rings. The average molecular weight is 262 g/mol. The second kappa shape index (κ2) is 5.56. The Morgan fingerprint density at radius 2 is 1.89 bits per heavy atom. The Kier molecular flexibility index (Phi) is 3.85. The van der Waals surface area contributed by atoms with Gasteiger partial charge in [-0.15, -0.1) is 0 Å². The van der Waals surface area contributed by atoms with E-state index < -0.39 is 17.5 Å². The van der Waals surface area contributed by atoms with E-state index >= 15 is 0 Å². The van der Waals surface area contributed by atoms with Crippen LogP contribution in [0.15, 0.2) is 42.6 Å². The molecular formula is C14H12F2N2O. The first-order chi connectivity index (χ1) is 9.11. The van der Waals surface area contributed by atoms with Crippen LogP contribution in [0.1, 0.15) is 17.4 Å². The molecule has 1 aromatic heterocycles. The van der Waals surface area contributed by atoms with Crippen LogP contribution in [0.5, 0.6) is 0 Å². The number of halogens is 2. The highest BCUT2D eigenvalue weighted by Gasteiger charge is 2.18. The number of anilines is 1. The van der Waals surface area contributed by atoms with Gasteiger partial charge in [0.1, 0.15) is 17.3 Å². The van der Waals surface area contributed by atoms with Crippen molar-refractivity contribution >= 4 is 11.6 Å². The third kappa shape index (κ3) is 2.93. The van der Waals surface area contributed by atoms with E-state index in [1.165, 1.54) is 11.1 Å². The Morgan fingerprint density at radius 1 is 1.21 bits per heavy atom. The highest BCUT2D eigenvalue weighted by atomic mass is 19.1. The number of benzene rings is 1. The van der Waals surface area contributed by atoms with Crippen molar-refractivity contribution < 1.29 is 13.6 Å². The molecule has 0 atom stereocenters. The summed E-state index contributed by atoms with van der Waals surface area (Å²) in [6.45, 7) is 2.02. The number of nitrogens with zero attached hydrogens (tertiary/aromatic N) is 2. The molecule has 0 radical (unpaired) electrons. The number of amides is 1. The minimum atomic E-state index is -0.720. The summed E-state index contributed by atoms with van der Waals surface area (Å²) in [5, 5.41) is 0. The topological polar surface area (TPSA) is 33.2 Å². The third-order valence-corrected chi connectivity index (χ3v) is 2.60. The van der Waals surface area contributed by atoms with Crippen LogP contribution in [-0.4, -0.2) is 17.4 Å². The fraction of sp³-hybridized carbons (Fsp3) is 0.143. The largest absolute Gasteiger partial charge is 0.307 e. The van der Waals surface area contributed by atoms with E-state index in [1.54, 1.807) is 25.1 Å². The van der Waals surface area contributed by atoms with Crippen molar-refractivity contribution in [3.05, 3.63) is 59.9 Å². The lowest BCUT2D eigenvalue weighted by Crippen LogP contribution is -2.31. The summed E-state index contributed by atoms with van der Waals surface area (Å²) in [6, 6.07) is 7.93. The van der Waals surface area contributed by atoms with Crippen molar-refractivity contribution in [3.8, 4) is 0 Å². The molecule has 1 heterocycles. The minimum Gasteiger partial charge on any atom is -0.307 e. The van der Waals surface area contributed by atoms with E-state index in [2.05, 4.69) is 4.98 Å². The van der Waals surface area contributed by atoms with E-state index in [-0.39, 0.29) is 17.9 Å². The Labute approximate surface area is 109 Å². The van der Waals surface area contributed by atoms with Crippen molar-refractivity contribution in [3.63, 3.8) is 0 Å². The number of hydrogen-bond donors (Lipinski definition) is 0. The summed E-state index contributed by atoms with van der Waals surface area (Å²) >= 11 is 0. The predicted octanol–water partition coefficient (Wildman–Crippen LogP) is 3.03. The van der Waals surface area contributed by atoms with E-state index in [0.717, 1.165) is 18.2 Å². The van der Waals surface area contributed by atoms with Crippen LogP contribution in [0.4, 0.5) is 14.5 Å². The lowest BCUT2D eigenvalue weighted by atomic mass is 10.2. The second-order valence-electron chi connectivity index (χ2n) is 3.89. The molecule has 0 saturated carbocycles. The van der Waals surface area contributed by atoms with E-state index in [4.69, 9.17) is 0 Å². The molecule has 1 aromatic carbocycles. The van der Waals surface area contributed by atoms with Gasteiger partial charge in [-0.05, 0) is 31.2 Å². The molecule has 0 aliphatic carbocycles. The number of pyridine rings is 1. The van der Waals surface area contributed by atoms with Crippen LogP contribution in [0.2, 0.25) is 0 Å². The lowest BCUT2D eigenvalue weighted by molar-refractivity contribution is 0.0983. The molecule has 98 valence electrons. The van der Waals surface area contributed by atoms with Crippen LogP contribution in [0, 0.1) is 11.6 Å². The van der Waals surface area contributed by atoms with E-state index in [1.807, 2.05) is 0 Å². The maximum atomic E-state index is 13.2. The molecule has 0 aliphatic heterocycles. The predicted molar refractivity (Wildman–Crippen MR) is 67.9 cm³/mol. The number of carbonyl (C=O) groups excluding carboxylic acids is 1. The van der Waals surface area contributed by atoms with Gasteiger partial charge < -0.3 is 4.90 Å². The number of aromatic nitrogens is 1. The van der Waals surface area contributed by atoms with Crippen LogP contribution in [0.25, 0.3) is 0 Å². The summed E-state index contributed by atoms with van der Waals surface area (Å²) in [5.41, 5.74) is 0.407. The number of carbonyl (C=O) groups is 1. The maximum Gasteiger partial charge on any atom is 0.276 e. The molecule has 0 spiro atoms. The number of rotatable bonds is 3. The zero-order valence-corrected chi connectivity index (χ0v) is 10.3. The molecule has 0 bridgehead atoms. The van der Waals surface area contributed by atoms with Gasteiger partial charge in [0.15, 0.2) is 0 Å². The summed E-state index contributed by atoms with van der Waals surface area (Å²) in [4.78, 5) is 17.4. The summed E-state index contributed by atoms with van der Waals surface area (Å²) < 4.78 is 26.4. The Balaban J connectivity index is 2.37. The zero-order valence-electron chi connectivity index (χ0n) is 10.3. The second-order valence-corrected chi connectivity index (χ2v) is 3.89. The van der Waals surface area contributed by atoms with Gasteiger partial charge in [-0.1, -0.05) is 6.07 Å². The summed E-state index contributed by atoms with van der Waals surface area (Å²) in [5.74, 6) is -1.84. The van der Waals surface area contributed by atoms with Gasteiger partial charge in [0.2, 0.25) is 0 Å². The van der Waals surface area contributed by atoms with Gasteiger partial charge in [-0.3, -0.25) is 9.78 Å². The van der Waals surface area contributed by atoms with Crippen molar-refractivity contribution in [2.24, 2.45) is 0 Å². The fourth-order valence-corrected chi connectivity index (χ4v) is 1.77. The van der Waals surface area contributed by atoms with E-state index in [9.17, 15) is 13.6 Å². The lowest BCUT2D eigenvalue weighted by Gasteiger charge is -2.20. The van der Waals surface area contributed by atoms with Crippen LogP contribution in [0.3, 0.4) is 0 Å². The maximum absolute atomic E-state index is 13.2. The fourth-order valence-electron chi connectivity index (χ4n) is 1.77. The van der Waals surface area contributed by atoms with E-state index in [0.29, 0.717) is 0 Å². The Morgan fingerprint density at radius 3 is 2.42 bits per heavy atom. The molecule has 3 nitrogen and oxygen atoms in total. The molecule has 2 rings (SSSR count). The Hall–Kier alpha value is -2.30. The van der Waals surface area contributed by atoms with Crippen LogP contribution >= 0.6 is 0 Å². The standard InChI is InChI=1S/C14H12F2N2O/c1-2-18(12-8-10(15)7-11(16)9-12)14(19)13-5-3-4-6-17-13/h3-9H,2H2,1H3. The average Bonchev–Trinajstić information content (AvgIpc) is 2.39. The molecule has 0 unspecified atom stereocenters. The molecule has 0 N–H and O–H groups in total. The quantitative estimate of drug-likeness (QED) is 0.851. The van der Waals surface area contributed by atoms with Crippen LogP contribution in [-0.2, 0) is 0 Å². The highest BCUT2D eigenvalue weighted by Crippen LogP contribution is 2.19. The summed E-state index contributed by atoms with van der Waals surface area (Å²) in [7, 11) is 0. The monoisotopic (exact) mass is 262 g/mol. The molecule has 19 heavy (non-hydrogen) atoms. The molecule has 5 heteroatoms. The van der Waals surface area contributed by atoms with Crippen molar-refractivity contribution in [2.45, 2.75) is 6.92 Å². The molecule has 0 fully saturated rings. The Bertz CT molecular complexity index is 567. The van der Waals surface area contributed by atoms with Crippen LogP contribution < -0.4 is 4.90 Å². The van der Waals surface area contributed by atoms with Gasteiger partial charge in [0.25, 0.3) is 5.91 Å². The van der Waals surface area contributed by atoms with Gasteiger partial charge >= 0.3 is 0 Å². The first-order valence-corrected chi connectivity index (χ1v) is 5.81. The zero-order chi connectivity index (χ0) is 13.8.